The van der Waals surface area contributed by atoms with Gasteiger partial charge in [0.05, 0.1) is 25.8 Å². The average Bonchev–Trinajstić information content (AvgIpc) is 2.86. The number of methoxy groups -OCH3 is 1. The second-order valence-electron chi connectivity index (χ2n) is 8.44. The van der Waals surface area contributed by atoms with E-state index in [4.69, 9.17) is 9.84 Å². The van der Waals surface area contributed by atoms with Crippen LogP contribution < -0.4 is 26.0 Å². The molecule has 11 nitrogen and oxygen atoms in total. The smallest absolute Gasteiger partial charge is 0.323 e. The van der Waals surface area contributed by atoms with Crippen molar-refractivity contribution in [1.29, 1.82) is 0 Å². The molecule has 0 spiro atoms. The van der Waals surface area contributed by atoms with Crippen LogP contribution in [0.25, 0.3) is 0 Å². The number of hydrogen-bond donors (Lipinski definition) is 5. The fourth-order valence-corrected chi connectivity index (χ4v) is 3.34. The second-order valence-corrected chi connectivity index (χ2v) is 8.44. The molecule has 0 fully saturated rings. The zero-order valence-corrected chi connectivity index (χ0v) is 21.4. The van der Waals surface area contributed by atoms with Gasteiger partial charge in [0, 0.05) is 38.8 Å². The summed E-state index contributed by atoms with van der Waals surface area (Å²) in [7, 11) is 3.11. The SMILES string of the molecule is COc1cc(CCC(=O)CNCCN(C)C(=O)NCCC(=O)O)ccc1NC(=O)Nc1ccccc1C. The Kier molecular flexibility index (Phi) is 11.9. The molecule has 200 valence electrons. The summed E-state index contributed by atoms with van der Waals surface area (Å²) in [4.78, 5) is 48.4. The molecular formula is C26H35N5O6. The van der Waals surface area contributed by atoms with E-state index in [9.17, 15) is 19.2 Å². The quantitative estimate of drug-likeness (QED) is 0.244. The van der Waals surface area contributed by atoms with Crippen LogP contribution in [0.4, 0.5) is 21.0 Å². The predicted molar refractivity (Wildman–Crippen MR) is 141 cm³/mol. The molecule has 0 aliphatic carbocycles. The highest BCUT2D eigenvalue weighted by Gasteiger charge is 2.12. The van der Waals surface area contributed by atoms with Crippen molar-refractivity contribution in [1.82, 2.24) is 15.5 Å². The molecule has 0 radical (unpaired) electrons. The van der Waals surface area contributed by atoms with Crippen LogP contribution in [0.5, 0.6) is 5.75 Å². The third kappa shape index (κ3) is 10.6. The number of amides is 4. The maximum absolute atomic E-state index is 12.4. The topological polar surface area (TPSA) is 149 Å². The van der Waals surface area contributed by atoms with Crippen molar-refractivity contribution in [3.05, 3.63) is 53.6 Å². The van der Waals surface area contributed by atoms with E-state index in [0.717, 1.165) is 11.1 Å². The van der Waals surface area contributed by atoms with Gasteiger partial charge in [0.1, 0.15) is 11.5 Å². The monoisotopic (exact) mass is 513 g/mol. The van der Waals surface area contributed by atoms with E-state index in [0.29, 0.717) is 43.1 Å². The number of urea groups is 2. The van der Waals surface area contributed by atoms with Gasteiger partial charge in [0.25, 0.3) is 0 Å². The molecule has 5 N–H and O–H groups in total. The summed E-state index contributed by atoms with van der Waals surface area (Å²) in [6, 6.07) is 12.1. The number of para-hydroxylation sites is 1. The first kappa shape index (κ1) is 29.1. The maximum atomic E-state index is 12.4. The number of Topliss-reactive ketones (excluding diaryl/α,β-unsaturated/α-hetero) is 1. The zero-order valence-electron chi connectivity index (χ0n) is 21.4. The number of nitrogens with one attached hydrogen (secondary N) is 4. The first-order chi connectivity index (χ1) is 17.7. The van der Waals surface area contributed by atoms with E-state index >= 15 is 0 Å². The van der Waals surface area contributed by atoms with Crippen LogP contribution in [0.3, 0.4) is 0 Å². The Morgan fingerprint density at radius 1 is 0.973 bits per heavy atom. The number of carboxylic acid groups (broad SMARTS) is 1. The molecule has 11 heteroatoms. The minimum Gasteiger partial charge on any atom is -0.495 e. The van der Waals surface area contributed by atoms with Crippen LogP contribution in [0.2, 0.25) is 0 Å². The molecule has 0 saturated carbocycles. The number of ketones is 1. The van der Waals surface area contributed by atoms with Crippen molar-refractivity contribution in [2.75, 3.05) is 51.0 Å². The van der Waals surface area contributed by atoms with Gasteiger partial charge in [-0.3, -0.25) is 9.59 Å². The standard InChI is InChI=1S/C26H35N5O6/c1-18-6-4-5-7-21(18)29-25(35)30-22-11-9-19(16-23(22)37-3)8-10-20(32)17-27-14-15-31(2)26(36)28-13-12-24(33)34/h4-7,9,11,16,27H,8,10,12-15,17H2,1-3H3,(H,28,36)(H,33,34)(H2,29,30,35). The summed E-state index contributed by atoms with van der Waals surface area (Å²) in [6.45, 7) is 2.94. The lowest BCUT2D eigenvalue weighted by molar-refractivity contribution is -0.136. The number of hydrogen-bond acceptors (Lipinski definition) is 6. The Hall–Kier alpha value is -4.12. The number of benzene rings is 2. The lowest BCUT2D eigenvalue weighted by atomic mass is 10.1. The fourth-order valence-electron chi connectivity index (χ4n) is 3.34. The number of carbonyl (C=O) groups is 4. The lowest BCUT2D eigenvalue weighted by Gasteiger charge is -2.17. The van der Waals surface area contributed by atoms with Crippen LogP contribution >= 0.6 is 0 Å². The van der Waals surface area contributed by atoms with E-state index in [-0.39, 0.29) is 37.4 Å². The van der Waals surface area contributed by atoms with E-state index in [1.807, 2.05) is 37.3 Å². The Balaban J connectivity index is 1.73. The Morgan fingerprint density at radius 2 is 1.70 bits per heavy atom. The number of ether oxygens (including phenoxy) is 1. The second kappa shape index (κ2) is 15.1. The minimum atomic E-state index is -0.976. The van der Waals surface area contributed by atoms with Gasteiger partial charge in [-0.15, -0.1) is 0 Å². The number of likely N-dealkylation sites (N-methyl/N-ethyl adjacent to an activating group) is 1. The molecule has 0 heterocycles. The third-order valence-electron chi connectivity index (χ3n) is 5.51. The fraction of sp³-hybridized carbons (Fsp3) is 0.385. The number of rotatable bonds is 14. The van der Waals surface area contributed by atoms with E-state index in [1.54, 1.807) is 19.2 Å². The van der Waals surface area contributed by atoms with Crippen molar-refractivity contribution in [2.24, 2.45) is 0 Å². The first-order valence-electron chi connectivity index (χ1n) is 11.9. The summed E-state index contributed by atoms with van der Waals surface area (Å²) < 4.78 is 5.42. The van der Waals surface area contributed by atoms with Gasteiger partial charge in [0.2, 0.25) is 0 Å². The van der Waals surface area contributed by atoms with Crippen LogP contribution in [0.15, 0.2) is 42.5 Å². The number of nitrogens with zero attached hydrogens (tertiary/aromatic N) is 1. The molecule has 0 aliphatic rings. The van der Waals surface area contributed by atoms with Crippen LogP contribution in [-0.4, -0.2) is 74.2 Å². The zero-order chi connectivity index (χ0) is 27.2. The number of aliphatic carboxylic acids is 1. The van der Waals surface area contributed by atoms with E-state index in [1.165, 1.54) is 12.0 Å². The molecule has 2 rings (SSSR count). The molecule has 37 heavy (non-hydrogen) atoms. The summed E-state index contributed by atoms with van der Waals surface area (Å²) in [5.74, 6) is -0.462. The molecular weight excluding hydrogens is 478 g/mol. The van der Waals surface area contributed by atoms with Crippen molar-refractivity contribution in [2.45, 2.75) is 26.2 Å². The molecule has 0 saturated heterocycles. The molecule has 2 aromatic rings. The van der Waals surface area contributed by atoms with Gasteiger partial charge in [-0.1, -0.05) is 24.3 Å². The largest absolute Gasteiger partial charge is 0.495 e. The predicted octanol–water partition coefficient (Wildman–Crippen LogP) is 2.86. The van der Waals surface area contributed by atoms with Crippen molar-refractivity contribution >= 4 is 35.2 Å². The van der Waals surface area contributed by atoms with E-state index < -0.39 is 5.97 Å². The summed E-state index contributed by atoms with van der Waals surface area (Å²) in [5, 5.41) is 19.7. The number of carboxylic acids is 1. The van der Waals surface area contributed by atoms with Gasteiger partial charge < -0.3 is 36.0 Å². The lowest BCUT2D eigenvalue weighted by Crippen LogP contribution is -2.42. The molecule has 0 aliphatic heterocycles. The van der Waals surface area contributed by atoms with Gasteiger partial charge in [-0.25, -0.2) is 9.59 Å². The summed E-state index contributed by atoms with van der Waals surface area (Å²) in [6.07, 6.45) is 0.696. The highest BCUT2D eigenvalue weighted by atomic mass is 16.5. The van der Waals surface area contributed by atoms with Gasteiger partial charge in [0.15, 0.2) is 0 Å². The first-order valence-corrected chi connectivity index (χ1v) is 11.9. The number of anilines is 2. The highest BCUT2D eigenvalue weighted by molar-refractivity contribution is 6.01. The third-order valence-corrected chi connectivity index (χ3v) is 5.51. The normalized spacial score (nSPS) is 10.4. The number of aryl methyl sites for hydroxylation is 2. The van der Waals surface area contributed by atoms with Crippen LogP contribution in [0, 0.1) is 6.92 Å². The van der Waals surface area contributed by atoms with Crippen LogP contribution in [0.1, 0.15) is 24.0 Å². The van der Waals surface area contributed by atoms with Crippen molar-refractivity contribution in [3.63, 3.8) is 0 Å². The number of carbonyl (C=O) groups excluding carboxylic acids is 3. The highest BCUT2D eigenvalue weighted by Crippen LogP contribution is 2.26. The Labute approximate surface area is 216 Å². The van der Waals surface area contributed by atoms with Crippen molar-refractivity contribution in [3.8, 4) is 5.75 Å². The maximum Gasteiger partial charge on any atom is 0.323 e. The van der Waals surface area contributed by atoms with Gasteiger partial charge in [-0.2, -0.15) is 0 Å². The summed E-state index contributed by atoms with van der Waals surface area (Å²) >= 11 is 0. The molecule has 0 bridgehead atoms. The molecule has 0 aromatic heterocycles. The van der Waals surface area contributed by atoms with Crippen molar-refractivity contribution < 1.29 is 29.0 Å². The van der Waals surface area contributed by atoms with Crippen LogP contribution in [-0.2, 0) is 16.0 Å². The molecule has 0 unspecified atom stereocenters. The Morgan fingerprint density at radius 3 is 2.41 bits per heavy atom. The van der Waals surface area contributed by atoms with Gasteiger partial charge in [-0.05, 0) is 42.7 Å². The molecule has 0 atom stereocenters. The average molecular weight is 514 g/mol. The minimum absolute atomic E-state index is 0.0207. The summed E-state index contributed by atoms with van der Waals surface area (Å²) in [5.41, 5.74) is 3.08. The molecule has 4 amide bonds. The molecule has 2 aromatic carbocycles. The van der Waals surface area contributed by atoms with E-state index in [2.05, 4.69) is 21.3 Å². The Bertz CT molecular complexity index is 1090. The van der Waals surface area contributed by atoms with Gasteiger partial charge >= 0.3 is 18.0 Å².